The summed E-state index contributed by atoms with van der Waals surface area (Å²) in [4.78, 5) is 0. The number of hydrogen-bond acceptors (Lipinski definition) is 2. The molecule has 0 rings (SSSR count). The number of rotatable bonds is 4. The van der Waals surface area contributed by atoms with Gasteiger partial charge in [-0.2, -0.15) is 0 Å². The highest BCUT2D eigenvalue weighted by Crippen LogP contribution is 1.73. The molecule has 8 heavy (non-hydrogen) atoms. The predicted octanol–water partition coefficient (Wildman–Crippen LogP) is 0.204. The average Bonchev–Trinajstić information content (AvgIpc) is 1.68. The molecular formula is C6H16N2. The summed E-state index contributed by atoms with van der Waals surface area (Å²) in [7, 11) is 1.97. The third-order valence-electron chi connectivity index (χ3n) is 1.06. The Bertz CT molecular complexity index is 39.8. The van der Waals surface area contributed by atoms with E-state index in [1.165, 1.54) is 0 Å². The smallest absolute Gasteiger partial charge is 0.0163 e. The van der Waals surface area contributed by atoms with Crippen molar-refractivity contribution in [3.05, 3.63) is 0 Å². The second-order valence-corrected chi connectivity index (χ2v) is 2.02. The Morgan fingerprint density at radius 2 is 2.12 bits per heavy atom. The van der Waals surface area contributed by atoms with E-state index >= 15 is 0 Å². The van der Waals surface area contributed by atoms with E-state index in [0.717, 1.165) is 13.1 Å². The molecule has 0 aromatic rings. The molecular weight excluding hydrogens is 100 g/mol. The molecule has 1 unspecified atom stereocenters. The van der Waals surface area contributed by atoms with E-state index in [9.17, 15) is 0 Å². The molecule has 1 atom stereocenters. The first-order valence-corrected chi connectivity index (χ1v) is 3.19. The lowest BCUT2D eigenvalue weighted by molar-refractivity contribution is 0.539. The Morgan fingerprint density at radius 3 is 2.50 bits per heavy atom. The molecule has 0 aromatic carbocycles. The van der Waals surface area contributed by atoms with Crippen LogP contribution in [0.5, 0.6) is 0 Å². The Balaban J connectivity index is 2.92. The van der Waals surface area contributed by atoms with Gasteiger partial charge in [-0.1, -0.05) is 6.92 Å². The van der Waals surface area contributed by atoms with Gasteiger partial charge in [0.1, 0.15) is 0 Å². The standard InChI is InChI=1S/C6H16N2/c1-4-8-6(2)5-7-3/h6-8H,4-5H2,1-3H3. The minimum atomic E-state index is 0.602. The van der Waals surface area contributed by atoms with Gasteiger partial charge in [0.2, 0.25) is 0 Å². The van der Waals surface area contributed by atoms with Gasteiger partial charge < -0.3 is 10.6 Å². The number of hydrogen-bond donors (Lipinski definition) is 2. The molecule has 0 aliphatic carbocycles. The molecule has 0 radical (unpaired) electrons. The lowest BCUT2D eigenvalue weighted by Gasteiger charge is -2.09. The van der Waals surface area contributed by atoms with E-state index in [0.29, 0.717) is 6.04 Å². The summed E-state index contributed by atoms with van der Waals surface area (Å²) in [5.74, 6) is 0. The molecule has 2 nitrogen and oxygen atoms in total. The molecule has 0 saturated carbocycles. The van der Waals surface area contributed by atoms with Gasteiger partial charge in [0.25, 0.3) is 0 Å². The Kier molecular flexibility index (Phi) is 5.01. The summed E-state index contributed by atoms with van der Waals surface area (Å²) in [5, 5.41) is 6.37. The van der Waals surface area contributed by atoms with Crippen molar-refractivity contribution in [3.8, 4) is 0 Å². The third-order valence-corrected chi connectivity index (χ3v) is 1.06. The zero-order valence-electron chi connectivity index (χ0n) is 5.99. The fraction of sp³-hybridized carbons (Fsp3) is 1.00. The van der Waals surface area contributed by atoms with Gasteiger partial charge in [-0.25, -0.2) is 0 Å². The maximum atomic E-state index is 3.28. The predicted molar refractivity (Wildman–Crippen MR) is 37.1 cm³/mol. The average molecular weight is 116 g/mol. The summed E-state index contributed by atoms with van der Waals surface area (Å²) >= 11 is 0. The maximum absolute atomic E-state index is 3.28. The normalized spacial score (nSPS) is 13.9. The van der Waals surface area contributed by atoms with Gasteiger partial charge in [0.15, 0.2) is 0 Å². The highest BCUT2D eigenvalue weighted by atomic mass is 14.9. The molecule has 0 heterocycles. The van der Waals surface area contributed by atoms with Gasteiger partial charge >= 0.3 is 0 Å². The molecule has 2 heteroatoms. The van der Waals surface area contributed by atoms with Crippen molar-refractivity contribution >= 4 is 0 Å². The van der Waals surface area contributed by atoms with Crippen molar-refractivity contribution < 1.29 is 0 Å². The van der Waals surface area contributed by atoms with E-state index in [1.54, 1.807) is 0 Å². The van der Waals surface area contributed by atoms with Gasteiger partial charge in [0.05, 0.1) is 0 Å². The highest BCUT2D eigenvalue weighted by Gasteiger charge is 1.93. The zero-order chi connectivity index (χ0) is 6.41. The van der Waals surface area contributed by atoms with Crippen molar-refractivity contribution in [2.75, 3.05) is 20.1 Å². The van der Waals surface area contributed by atoms with Crippen molar-refractivity contribution in [3.63, 3.8) is 0 Å². The van der Waals surface area contributed by atoms with Crippen LogP contribution in [0, 0.1) is 0 Å². The monoisotopic (exact) mass is 116 g/mol. The van der Waals surface area contributed by atoms with E-state index in [-0.39, 0.29) is 0 Å². The van der Waals surface area contributed by atoms with Crippen LogP contribution in [0.15, 0.2) is 0 Å². The van der Waals surface area contributed by atoms with Crippen LogP contribution in [0.1, 0.15) is 13.8 Å². The van der Waals surface area contributed by atoms with Gasteiger partial charge in [-0.05, 0) is 20.5 Å². The Hall–Kier alpha value is -0.0800. The zero-order valence-corrected chi connectivity index (χ0v) is 5.99. The summed E-state index contributed by atoms with van der Waals surface area (Å²) in [5.41, 5.74) is 0. The van der Waals surface area contributed by atoms with E-state index in [1.807, 2.05) is 7.05 Å². The van der Waals surface area contributed by atoms with Crippen molar-refractivity contribution in [2.45, 2.75) is 19.9 Å². The molecule has 0 aliphatic rings. The van der Waals surface area contributed by atoms with Crippen molar-refractivity contribution in [1.82, 2.24) is 10.6 Å². The molecule has 0 spiro atoms. The van der Waals surface area contributed by atoms with Gasteiger partial charge in [-0.15, -0.1) is 0 Å². The van der Waals surface area contributed by atoms with Crippen LogP contribution < -0.4 is 10.6 Å². The first-order chi connectivity index (χ1) is 3.81. The van der Waals surface area contributed by atoms with Crippen LogP contribution in [0.4, 0.5) is 0 Å². The Morgan fingerprint density at radius 1 is 1.50 bits per heavy atom. The summed E-state index contributed by atoms with van der Waals surface area (Å²) in [6.45, 7) is 6.39. The molecule has 0 bridgehead atoms. The molecule has 0 fully saturated rings. The molecule has 50 valence electrons. The summed E-state index contributed by atoms with van der Waals surface area (Å²) in [6.07, 6.45) is 0. The third kappa shape index (κ3) is 4.09. The first-order valence-electron chi connectivity index (χ1n) is 3.19. The quantitative estimate of drug-likeness (QED) is 0.548. The second-order valence-electron chi connectivity index (χ2n) is 2.02. The summed E-state index contributed by atoms with van der Waals surface area (Å²) < 4.78 is 0. The van der Waals surface area contributed by atoms with E-state index < -0.39 is 0 Å². The van der Waals surface area contributed by atoms with Crippen LogP contribution >= 0.6 is 0 Å². The minimum Gasteiger partial charge on any atom is -0.318 e. The van der Waals surface area contributed by atoms with Crippen LogP contribution in [0.25, 0.3) is 0 Å². The largest absolute Gasteiger partial charge is 0.318 e. The number of nitrogens with one attached hydrogen (secondary N) is 2. The van der Waals surface area contributed by atoms with E-state index in [2.05, 4.69) is 24.5 Å². The first kappa shape index (κ1) is 7.92. The van der Waals surface area contributed by atoms with Crippen LogP contribution in [-0.4, -0.2) is 26.2 Å². The summed E-state index contributed by atoms with van der Waals surface area (Å²) in [6, 6.07) is 0.602. The fourth-order valence-electron chi connectivity index (χ4n) is 0.727. The minimum absolute atomic E-state index is 0.602. The number of likely N-dealkylation sites (N-methyl/N-ethyl adjacent to an activating group) is 2. The topological polar surface area (TPSA) is 24.1 Å². The van der Waals surface area contributed by atoms with Gasteiger partial charge in [-0.3, -0.25) is 0 Å². The lowest BCUT2D eigenvalue weighted by Crippen LogP contribution is -2.34. The Labute approximate surface area is 51.7 Å². The highest BCUT2D eigenvalue weighted by molar-refractivity contribution is 4.59. The second kappa shape index (κ2) is 5.06. The van der Waals surface area contributed by atoms with Crippen molar-refractivity contribution in [1.29, 1.82) is 0 Å². The molecule has 0 amide bonds. The van der Waals surface area contributed by atoms with Crippen LogP contribution in [0.3, 0.4) is 0 Å². The van der Waals surface area contributed by atoms with Crippen molar-refractivity contribution in [2.24, 2.45) is 0 Å². The lowest BCUT2D eigenvalue weighted by atomic mass is 10.3. The van der Waals surface area contributed by atoms with Crippen LogP contribution in [-0.2, 0) is 0 Å². The van der Waals surface area contributed by atoms with Crippen LogP contribution in [0.2, 0.25) is 0 Å². The molecule has 0 saturated heterocycles. The van der Waals surface area contributed by atoms with Gasteiger partial charge in [0, 0.05) is 12.6 Å². The fourth-order valence-corrected chi connectivity index (χ4v) is 0.727. The molecule has 0 aliphatic heterocycles. The van der Waals surface area contributed by atoms with E-state index in [4.69, 9.17) is 0 Å². The molecule has 2 N–H and O–H groups in total. The molecule has 0 aromatic heterocycles. The SMILES string of the molecule is CCNC(C)CNC. The maximum Gasteiger partial charge on any atom is 0.0163 e.